The number of amides is 2. The van der Waals surface area contributed by atoms with Gasteiger partial charge in [0.25, 0.3) is 0 Å². The molecule has 5 rings (SSSR count). The lowest BCUT2D eigenvalue weighted by Gasteiger charge is -2.20. The van der Waals surface area contributed by atoms with Gasteiger partial charge in [0.15, 0.2) is 0 Å². The number of carbonyl (C=O) groups is 2. The smallest absolute Gasteiger partial charge is 0.416 e. The van der Waals surface area contributed by atoms with E-state index in [1.54, 1.807) is 18.2 Å². The second-order valence-corrected chi connectivity index (χ2v) is 9.58. The molecule has 1 atom stereocenters. The maximum atomic E-state index is 13.4. The number of halogens is 3. The van der Waals surface area contributed by atoms with Crippen molar-refractivity contribution in [3.05, 3.63) is 125 Å². The molecule has 0 N–H and O–H groups in total. The molecule has 2 amide bonds. The van der Waals surface area contributed by atoms with Gasteiger partial charge in [0.05, 0.1) is 18.0 Å². The minimum absolute atomic E-state index is 0.108. The summed E-state index contributed by atoms with van der Waals surface area (Å²) in [4.78, 5) is 27.0. The van der Waals surface area contributed by atoms with E-state index in [9.17, 15) is 22.8 Å². The Balaban J connectivity index is 1.40. The molecule has 0 unspecified atom stereocenters. The lowest BCUT2D eigenvalue weighted by molar-refractivity contribution is -0.137. The predicted molar refractivity (Wildman–Crippen MR) is 143 cm³/mol. The van der Waals surface area contributed by atoms with Crippen LogP contribution in [0.25, 0.3) is 11.1 Å². The molecule has 4 aromatic rings. The van der Waals surface area contributed by atoms with E-state index in [1.165, 1.54) is 12.1 Å². The van der Waals surface area contributed by atoms with E-state index in [1.807, 2.05) is 60.7 Å². The molecule has 0 spiro atoms. The van der Waals surface area contributed by atoms with Gasteiger partial charge in [-0.05, 0) is 58.5 Å². The van der Waals surface area contributed by atoms with Gasteiger partial charge in [-0.2, -0.15) is 13.2 Å². The molecule has 1 saturated heterocycles. The minimum atomic E-state index is -4.45. The van der Waals surface area contributed by atoms with Crippen molar-refractivity contribution >= 4 is 12.0 Å². The SMILES string of the molecule is O=C(Cc1cc(OCc2ccccc2)cc(-c2ccc(C(F)(F)F)cc2)c1)N1C(=O)OC[C@@H]1Cc1ccccc1. The van der Waals surface area contributed by atoms with Crippen molar-refractivity contribution in [1.82, 2.24) is 4.90 Å². The summed E-state index contributed by atoms with van der Waals surface area (Å²) in [6.45, 7) is 0.374. The van der Waals surface area contributed by atoms with Crippen LogP contribution in [0.15, 0.2) is 103 Å². The molecule has 0 aromatic heterocycles. The highest BCUT2D eigenvalue weighted by atomic mass is 19.4. The van der Waals surface area contributed by atoms with Crippen LogP contribution in [0.4, 0.5) is 18.0 Å². The lowest BCUT2D eigenvalue weighted by atomic mass is 9.99. The molecule has 5 nitrogen and oxygen atoms in total. The average molecular weight is 546 g/mol. The fraction of sp³-hybridized carbons (Fsp3) is 0.188. The Morgan fingerprint density at radius 2 is 1.48 bits per heavy atom. The van der Waals surface area contributed by atoms with E-state index in [4.69, 9.17) is 9.47 Å². The van der Waals surface area contributed by atoms with Crippen LogP contribution in [0.3, 0.4) is 0 Å². The van der Waals surface area contributed by atoms with Crippen molar-refractivity contribution in [3.63, 3.8) is 0 Å². The topological polar surface area (TPSA) is 55.8 Å². The van der Waals surface area contributed by atoms with Crippen molar-refractivity contribution in [3.8, 4) is 16.9 Å². The fourth-order valence-electron chi connectivity index (χ4n) is 4.67. The summed E-state index contributed by atoms with van der Waals surface area (Å²) in [6, 6.07) is 28.6. The zero-order chi connectivity index (χ0) is 28.1. The average Bonchev–Trinajstić information content (AvgIpc) is 3.32. The van der Waals surface area contributed by atoms with Gasteiger partial charge in [0.2, 0.25) is 5.91 Å². The van der Waals surface area contributed by atoms with E-state index in [2.05, 4.69) is 0 Å². The second-order valence-electron chi connectivity index (χ2n) is 9.58. The molecule has 4 aromatic carbocycles. The van der Waals surface area contributed by atoms with Crippen LogP contribution in [-0.4, -0.2) is 29.5 Å². The Bertz CT molecular complexity index is 1470. The van der Waals surface area contributed by atoms with Crippen LogP contribution in [0.5, 0.6) is 5.75 Å². The monoisotopic (exact) mass is 545 g/mol. The van der Waals surface area contributed by atoms with E-state index < -0.39 is 29.8 Å². The third kappa shape index (κ3) is 6.51. The van der Waals surface area contributed by atoms with E-state index in [0.717, 1.165) is 28.2 Å². The summed E-state index contributed by atoms with van der Waals surface area (Å²) in [7, 11) is 0. The number of nitrogens with zero attached hydrogens (tertiary/aromatic N) is 1. The number of rotatable bonds is 8. The highest BCUT2D eigenvalue weighted by Crippen LogP contribution is 2.33. The molecule has 0 saturated carbocycles. The maximum Gasteiger partial charge on any atom is 0.416 e. The van der Waals surface area contributed by atoms with E-state index >= 15 is 0 Å². The Labute approximate surface area is 229 Å². The number of cyclic esters (lactones) is 1. The van der Waals surface area contributed by atoms with Gasteiger partial charge >= 0.3 is 12.3 Å². The molecule has 204 valence electrons. The van der Waals surface area contributed by atoms with Gasteiger partial charge in [0.1, 0.15) is 19.0 Å². The molecular formula is C32H26F3NO4. The quantitative estimate of drug-likeness (QED) is 0.237. The molecule has 0 bridgehead atoms. The van der Waals surface area contributed by atoms with Gasteiger partial charge in [-0.25, -0.2) is 9.69 Å². The Kier molecular flexibility index (Phi) is 7.86. The number of imide groups is 1. The van der Waals surface area contributed by atoms with Crippen LogP contribution in [-0.2, 0) is 35.2 Å². The molecule has 40 heavy (non-hydrogen) atoms. The molecule has 0 radical (unpaired) electrons. The highest BCUT2D eigenvalue weighted by Gasteiger charge is 2.37. The van der Waals surface area contributed by atoms with Crippen LogP contribution in [0.1, 0.15) is 22.3 Å². The van der Waals surface area contributed by atoms with Gasteiger partial charge in [-0.15, -0.1) is 0 Å². The second kappa shape index (κ2) is 11.7. The number of hydrogen-bond donors (Lipinski definition) is 0. The van der Waals surface area contributed by atoms with Gasteiger partial charge < -0.3 is 9.47 Å². The van der Waals surface area contributed by atoms with E-state index in [0.29, 0.717) is 28.9 Å². The Hall–Kier alpha value is -4.59. The first kappa shape index (κ1) is 27.0. The van der Waals surface area contributed by atoms with E-state index in [-0.39, 0.29) is 19.6 Å². The van der Waals surface area contributed by atoms with Crippen LogP contribution < -0.4 is 4.74 Å². The molecule has 8 heteroatoms. The first-order chi connectivity index (χ1) is 19.3. The van der Waals surface area contributed by atoms with Crippen molar-refractivity contribution < 1.29 is 32.2 Å². The zero-order valence-corrected chi connectivity index (χ0v) is 21.4. The number of alkyl halides is 3. The minimum Gasteiger partial charge on any atom is -0.489 e. The third-order valence-corrected chi connectivity index (χ3v) is 6.66. The Morgan fingerprint density at radius 3 is 2.12 bits per heavy atom. The number of ether oxygens (including phenoxy) is 2. The lowest BCUT2D eigenvalue weighted by Crippen LogP contribution is -2.41. The molecule has 1 fully saturated rings. The molecule has 0 aliphatic carbocycles. The molecule has 1 aliphatic rings. The van der Waals surface area contributed by atoms with Crippen molar-refractivity contribution in [2.24, 2.45) is 0 Å². The summed E-state index contributed by atoms with van der Waals surface area (Å²) in [5, 5.41) is 0. The summed E-state index contributed by atoms with van der Waals surface area (Å²) in [5.41, 5.74) is 2.85. The molecule has 1 aliphatic heterocycles. The standard InChI is InChI=1S/C32H26F3NO4/c33-32(34,35)27-13-11-25(12-14-27)26-15-24(17-29(19-26)39-20-23-9-5-2-6-10-23)18-30(37)36-28(21-40-31(36)38)16-22-7-3-1-4-8-22/h1-15,17,19,28H,16,18,20-21H2/t28-/m0/s1. The van der Waals surface area contributed by atoms with Crippen LogP contribution in [0, 0.1) is 0 Å². The normalized spacial score (nSPS) is 15.1. The predicted octanol–water partition coefficient (Wildman–Crippen LogP) is 7.08. The number of hydrogen-bond acceptors (Lipinski definition) is 4. The molecule has 1 heterocycles. The number of benzene rings is 4. The highest BCUT2D eigenvalue weighted by molar-refractivity contribution is 5.94. The van der Waals surface area contributed by atoms with Crippen molar-refractivity contribution in [2.45, 2.75) is 31.7 Å². The summed E-state index contributed by atoms with van der Waals surface area (Å²) >= 11 is 0. The summed E-state index contributed by atoms with van der Waals surface area (Å²) in [5.74, 6) is 0.0240. The van der Waals surface area contributed by atoms with Gasteiger partial charge in [-0.3, -0.25) is 4.79 Å². The van der Waals surface area contributed by atoms with Gasteiger partial charge in [0, 0.05) is 0 Å². The summed E-state index contributed by atoms with van der Waals surface area (Å²) in [6.07, 6.45) is -4.78. The Morgan fingerprint density at radius 1 is 0.825 bits per heavy atom. The third-order valence-electron chi connectivity index (χ3n) is 6.66. The van der Waals surface area contributed by atoms with Crippen LogP contribution >= 0.6 is 0 Å². The maximum absolute atomic E-state index is 13.4. The first-order valence-corrected chi connectivity index (χ1v) is 12.8. The zero-order valence-electron chi connectivity index (χ0n) is 21.4. The van der Waals surface area contributed by atoms with Crippen molar-refractivity contribution in [2.75, 3.05) is 6.61 Å². The van der Waals surface area contributed by atoms with Crippen LogP contribution in [0.2, 0.25) is 0 Å². The molecular weight excluding hydrogens is 519 g/mol. The fourth-order valence-corrected chi connectivity index (χ4v) is 4.67. The first-order valence-electron chi connectivity index (χ1n) is 12.8. The van der Waals surface area contributed by atoms with Crippen molar-refractivity contribution in [1.29, 1.82) is 0 Å². The largest absolute Gasteiger partial charge is 0.489 e. The van der Waals surface area contributed by atoms with Gasteiger partial charge in [-0.1, -0.05) is 78.9 Å². The number of carbonyl (C=O) groups excluding carboxylic acids is 2. The summed E-state index contributed by atoms with van der Waals surface area (Å²) < 4.78 is 50.5.